The fourth-order valence-electron chi connectivity index (χ4n) is 0.523. The number of hydrogen-bond donors (Lipinski definition) is 2. The smallest absolute Gasteiger partial charge is 0.390 e. The Morgan fingerprint density at radius 2 is 2.45 bits per heavy atom. The molecule has 0 amide bonds. The van der Waals surface area contributed by atoms with Gasteiger partial charge in [-0.1, -0.05) is 0 Å². The second-order valence-electron chi connectivity index (χ2n) is 1.65. The maximum Gasteiger partial charge on any atom is 0.457 e. The van der Waals surface area contributed by atoms with Gasteiger partial charge in [0, 0.05) is 5.10 Å². The van der Waals surface area contributed by atoms with Crippen molar-refractivity contribution >= 4 is 5.95 Å². The molecule has 0 atom stereocenters. The molecule has 0 bridgehead atoms. The molecule has 1 aromatic rings. The highest BCUT2D eigenvalue weighted by atomic mass is 16.6. The van der Waals surface area contributed by atoms with Crippen molar-refractivity contribution in [2.45, 2.75) is 6.73 Å². The summed E-state index contributed by atoms with van der Waals surface area (Å²) in [5.74, 6) is -0.677. The first-order valence-electron chi connectivity index (χ1n) is 2.57. The molecular weight excluding hydrogens is 156 g/mol. The molecule has 60 valence electrons. The number of aliphatic hydroxyl groups is 1. The minimum atomic E-state index is -0.854. The monoisotopic (exact) mass is 160 g/mol. The van der Waals surface area contributed by atoms with E-state index in [1.807, 2.05) is 4.98 Å². The lowest BCUT2D eigenvalue weighted by molar-refractivity contribution is -0.394. The minimum absolute atomic E-state index is 0.540. The molecule has 0 aliphatic heterocycles. The van der Waals surface area contributed by atoms with Crippen LogP contribution in [-0.4, -0.2) is 24.8 Å². The Bertz CT molecular complexity index is 324. The van der Waals surface area contributed by atoms with E-state index in [1.54, 1.807) is 0 Å². The number of aromatic amines is 1. The van der Waals surface area contributed by atoms with Crippen LogP contribution in [0, 0.1) is 10.1 Å². The zero-order valence-corrected chi connectivity index (χ0v) is 5.22. The van der Waals surface area contributed by atoms with Gasteiger partial charge in [0.05, 0.1) is 0 Å². The molecule has 11 heavy (non-hydrogen) atoms. The van der Waals surface area contributed by atoms with Gasteiger partial charge in [-0.15, -0.1) is 4.68 Å². The van der Waals surface area contributed by atoms with E-state index >= 15 is 0 Å². The average molecular weight is 160 g/mol. The van der Waals surface area contributed by atoms with Gasteiger partial charge in [-0.3, -0.25) is 0 Å². The first-order valence-corrected chi connectivity index (χ1v) is 2.57. The van der Waals surface area contributed by atoms with E-state index in [4.69, 9.17) is 5.11 Å². The van der Waals surface area contributed by atoms with Crippen LogP contribution in [-0.2, 0) is 6.73 Å². The van der Waals surface area contributed by atoms with Crippen LogP contribution in [0.15, 0.2) is 4.79 Å². The summed E-state index contributed by atoms with van der Waals surface area (Å²) >= 11 is 0. The molecular formula is C3H4N4O4. The lowest BCUT2D eigenvalue weighted by Crippen LogP contribution is -2.17. The summed E-state index contributed by atoms with van der Waals surface area (Å²) in [6.45, 7) is -0.677. The number of aliphatic hydroxyl groups excluding tert-OH is 1. The van der Waals surface area contributed by atoms with Gasteiger partial charge in [0.25, 0.3) is 0 Å². The molecule has 8 heteroatoms. The molecule has 0 saturated heterocycles. The Kier molecular flexibility index (Phi) is 1.68. The van der Waals surface area contributed by atoms with Gasteiger partial charge in [0.15, 0.2) is 6.73 Å². The molecule has 0 aromatic carbocycles. The van der Waals surface area contributed by atoms with Gasteiger partial charge in [0.1, 0.15) is 0 Å². The summed E-state index contributed by atoms with van der Waals surface area (Å²) in [6, 6.07) is 0. The van der Waals surface area contributed by atoms with Crippen LogP contribution in [0.3, 0.4) is 0 Å². The average Bonchev–Trinajstić information content (AvgIpc) is 2.31. The third-order valence-corrected chi connectivity index (χ3v) is 0.975. The van der Waals surface area contributed by atoms with Gasteiger partial charge in [-0.05, 0) is 4.92 Å². The molecule has 0 aliphatic rings. The Labute approximate surface area is 59.2 Å². The predicted octanol–water partition coefficient (Wildman–Crippen LogP) is -1.57. The number of nitro groups is 1. The van der Waals surface area contributed by atoms with Gasteiger partial charge in [-0.2, -0.15) is 4.98 Å². The van der Waals surface area contributed by atoms with Crippen LogP contribution in [0.5, 0.6) is 0 Å². The van der Waals surface area contributed by atoms with Crippen LogP contribution in [0.4, 0.5) is 5.95 Å². The standard InChI is InChI=1S/C3H4N4O4/c8-1-6-3(9)4-2(5-6)7(10)11/h8H,1H2,(H,4,5,9). The van der Waals surface area contributed by atoms with E-state index in [2.05, 4.69) is 5.10 Å². The van der Waals surface area contributed by atoms with E-state index in [9.17, 15) is 14.9 Å². The van der Waals surface area contributed by atoms with Crippen molar-refractivity contribution in [3.05, 3.63) is 20.6 Å². The number of aromatic nitrogens is 3. The molecule has 0 aliphatic carbocycles. The largest absolute Gasteiger partial charge is 0.457 e. The van der Waals surface area contributed by atoms with Gasteiger partial charge in [0.2, 0.25) is 0 Å². The highest BCUT2D eigenvalue weighted by Crippen LogP contribution is 1.94. The quantitative estimate of drug-likeness (QED) is 0.400. The van der Waals surface area contributed by atoms with Crippen LogP contribution in [0.25, 0.3) is 0 Å². The van der Waals surface area contributed by atoms with Crippen molar-refractivity contribution in [1.82, 2.24) is 14.8 Å². The Hall–Kier alpha value is -1.70. The summed E-state index contributed by atoms with van der Waals surface area (Å²) in [5, 5.41) is 21.5. The summed E-state index contributed by atoms with van der Waals surface area (Å²) < 4.78 is 0.540. The number of nitrogens with one attached hydrogen (secondary N) is 1. The predicted molar refractivity (Wildman–Crippen MR) is 31.7 cm³/mol. The topological polar surface area (TPSA) is 114 Å². The number of H-pyrrole nitrogens is 1. The SMILES string of the molecule is O=c1[nH]c([N+](=O)[O-])nn1CO. The second-order valence-corrected chi connectivity index (χ2v) is 1.65. The van der Waals surface area contributed by atoms with Crippen molar-refractivity contribution in [2.75, 3.05) is 0 Å². The number of nitrogens with zero attached hydrogens (tertiary/aromatic N) is 3. The Morgan fingerprint density at radius 1 is 1.82 bits per heavy atom. The van der Waals surface area contributed by atoms with E-state index in [1.165, 1.54) is 0 Å². The zero-order valence-electron chi connectivity index (χ0n) is 5.22. The number of hydrogen-bond acceptors (Lipinski definition) is 5. The maximum atomic E-state index is 10.6. The maximum absolute atomic E-state index is 10.6. The normalized spacial score (nSPS) is 9.91. The molecule has 8 nitrogen and oxygen atoms in total. The molecule has 1 rings (SSSR count). The Balaban J connectivity index is 3.15. The summed E-state index contributed by atoms with van der Waals surface area (Å²) in [5.41, 5.74) is -0.806. The third kappa shape index (κ3) is 1.24. The van der Waals surface area contributed by atoms with Crippen molar-refractivity contribution in [2.24, 2.45) is 0 Å². The summed E-state index contributed by atoms with van der Waals surface area (Å²) in [7, 11) is 0. The van der Waals surface area contributed by atoms with Crippen LogP contribution < -0.4 is 5.69 Å². The molecule has 0 fully saturated rings. The van der Waals surface area contributed by atoms with E-state index in [-0.39, 0.29) is 0 Å². The molecule has 1 aromatic heterocycles. The Morgan fingerprint density at radius 3 is 2.73 bits per heavy atom. The second kappa shape index (κ2) is 2.50. The first-order chi connectivity index (χ1) is 5.15. The molecule has 2 N–H and O–H groups in total. The molecule has 1 heterocycles. The highest BCUT2D eigenvalue weighted by Gasteiger charge is 2.13. The van der Waals surface area contributed by atoms with Crippen molar-refractivity contribution in [3.63, 3.8) is 0 Å². The van der Waals surface area contributed by atoms with Crippen molar-refractivity contribution in [1.29, 1.82) is 0 Å². The third-order valence-electron chi connectivity index (χ3n) is 0.975. The van der Waals surface area contributed by atoms with Crippen molar-refractivity contribution < 1.29 is 10.0 Å². The molecule has 0 saturated carbocycles. The number of rotatable bonds is 2. The summed E-state index contributed by atoms with van der Waals surface area (Å²) in [6.07, 6.45) is 0. The van der Waals surface area contributed by atoms with E-state index in [0.717, 1.165) is 0 Å². The van der Waals surface area contributed by atoms with Gasteiger partial charge < -0.3 is 15.2 Å². The van der Waals surface area contributed by atoms with Crippen LogP contribution >= 0.6 is 0 Å². The molecule has 0 unspecified atom stereocenters. The first kappa shape index (κ1) is 7.41. The van der Waals surface area contributed by atoms with E-state index < -0.39 is 23.3 Å². The van der Waals surface area contributed by atoms with Crippen LogP contribution in [0.2, 0.25) is 0 Å². The fourth-order valence-corrected chi connectivity index (χ4v) is 0.523. The zero-order chi connectivity index (χ0) is 8.43. The van der Waals surface area contributed by atoms with Crippen molar-refractivity contribution in [3.8, 4) is 0 Å². The lowest BCUT2D eigenvalue weighted by Gasteiger charge is -1.84. The fraction of sp³-hybridized carbons (Fsp3) is 0.333. The molecule has 0 spiro atoms. The lowest BCUT2D eigenvalue weighted by atomic mass is 11.1. The highest BCUT2D eigenvalue weighted by molar-refractivity contribution is 4.96. The summed E-state index contributed by atoms with van der Waals surface area (Å²) in [4.78, 5) is 21.5. The van der Waals surface area contributed by atoms with Gasteiger partial charge >= 0.3 is 11.6 Å². The van der Waals surface area contributed by atoms with Gasteiger partial charge in [-0.25, -0.2) is 4.79 Å². The van der Waals surface area contributed by atoms with Crippen LogP contribution in [0.1, 0.15) is 0 Å². The minimum Gasteiger partial charge on any atom is -0.390 e. The van der Waals surface area contributed by atoms with E-state index in [0.29, 0.717) is 4.68 Å². The molecule has 0 radical (unpaired) electrons.